The van der Waals surface area contributed by atoms with E-state index in [1.165, 1.54) is 0 Å². The SMILES string of the molecule is COc1ccc(-c2nccc(-c3ccc(C(=O)O)cc3)n2)cc1. The summed E-state index contributed by atoms with van der Waals surface area (Å²) < 4.78 is 5.14. The van der Waals surface area contributed by atoms with E-state index in [4.69, 9.17) is 9.84 Å². The number of benzene rings is 2. The van der Waals surface area contributed by atoms with Gasteiger partial charge in [0.2, 0.25) is 0 Å². The molecule has 0 saturated carbocycles. The lowest BCUT2D eigenvalue weighted by Crippen LogP contribution is -1.96. The molecule has 0 fully saturated rings. The minimum absolute atomic E-state index is 0.248. The van der Waals surface area contributed by atoms with Gasteiger partial charge in [-0.15, -0.1) is 0 Å². The van der Waals surface area contributed by atoms with Crippen molar-refractivity contribution in [2.75, 3.05) is 7.11 Å². The first kappa shape index (κ1) is 14.7. The van der Waals surface area contributed by atoms with E-state index in [0.717, 1.165) is 22.6 Å². The van der Waals surface area contributed by atoms with Crippen LogP contribution in [0.5, 0.6) is 5.75 Å². The van der Waals surface area contributed by atoms with Gasteiger partial charge in [0.05, 0.1) is 18.4 Å². The number of rotatable bonds is 4. The first-order chi connectivity index (χ1) is 11.2. The van der Waals surface area contributed by atoms with Crippen molar-refractivity contribution in [3.05, 3.63) is 66.4 Å². The molecule has 114 valence electrons. The highest BCUT2D eigenvalue weighted by molar-refractivity contribution is 5.88. The van der Waals surface area contributed by atoms with E-state index in [1.807, 2.05) is 24.3 Å². The minimum atomic E-state index is -0.946. The Morgan fingerprint density at radius 1 is 0.957 bits per heavy atom. The number of hydrogen-bond acceptors (Lipinski definition) is 4. The largest absolute Gasteiger partial charge is 0.497 e. The van der Waals surface area contributed by atoms with Crippen LogP contribution in [0.3, 0.4) is 0 Å². The van der Waals surface area contributed by atoms with Crippen LogP contribution in [0.1, 0.15) is 10.4 Å². The van der Waals surface area contributed by atoms with Crippen molar-refractivity contribution in [1.82, 2.24) is 9.97 Å². The molecule has 0 unspecified atom stereocenters. The lowest BCUT2D eigenvalue weighted by molar-refractivity contribution is 0.0697. The molecule has 3 aromatic rings. The molecule has 0 saturated heterocycles. The van der Waals surface area contributed by atoms with Gasteiger partial charge in [-0.25, -0.2) is 14.8 Å². The minimum Gasteiger partial charge on any atom is -0.497 e. The molecule has 0 radical (unpaired) electrons. The zero-order valence-electron chi connectivity index (χ0n) is 12.4. The quantitative estimate of drug-likeness (QED) is 0.798. The van der Waals surface area contributed by atoms with E-state index in [0.29, 0.717) is 5.82 Å². The lowest BCUT2D eigenvalue weighted by atomic mass is 10.1. The number of carboxylic acids is 1. The van der Waals surface area contributed by atoms with Gasteiger partial charge in [-0.1, -0.05) is 12.1 Å². The fraction of sp³-hybridized carbons (Fsp3) is 0.0556. The number of carbonyl (C=O) groups is 1. The van der Waals surface area contributed by atoms with Gasteiger partial charge < -0.3 is 9.84 Å². The number of carboxylic acid groups (broad SMARTS) is 1. The van der Waals surface area contributed by atoms with Crippen LogP contribution in [0.15, 0.2) is 60.8 Å². The monoisotopic (exact) mass is 306 g/mol. The third-order valence-electron chi connectivity index (χ3n) is 3.43. The van der Waals surface area contributed by atoms with Crippen molar-refractivity contribution in [3.8, 4) is 28.4 Å². The molecule has 1 heterocycles. The molecule has 1 N–H and O–H groups in total. The first-order valence-corrected chi connectivity index (χ1v) is 6.98. The number of hydrogen-bond donors (Lipinski definition) is 1. The van der Waals surface area contributed by atoms with Crippen molar-refractivity contribution in [1.29, 1.82) is 0 Å². The number of methoxy groups -OCH3 is 1. The summed E-state index contributed by atoms with van der Waals surface area (Å²) in [4.78, 5) is 19.7. The Balaban J connectivity index is 1.93. The van der Waals surface area contributed by atoms with Gasteiger partial charge in [-0.2, -0.15) is 0 Å². The topological polar surface area (TPSA) is 72.3 Å². The van der Waals surface area contributed by atoms with Crippen molar-refractivity contribution in [3.63, 3.8) is 0 Å². The molecule has 0 aliphatic heterocycles. The Morgan fingerprint density at radius 2 is 1.61 bits per heavy atom. The van der Waals surface area contributed by atoms with Crippen LogP contribution in [-0.2, 0) is 0 Å². The second kappa shape index (κ2) is 6.27. The predicted molar refractivity (Wildman–Crippen MR) is 86.4 cm³/mol. The molecule has 0 bridgehead atoms. The second-order valence-electron chi connectivity index (χ2n) is 4.88. The summed E-state index contributed by atoms with van der Waals surface area (Å²) >= 11 is 0. The molecule has 0 amide bonds. The van der Waals surface area contributed by atoms with E-state index >= 15 is 0 Å². The highest BCUT2D eigenvalue weighted by atomic mass is 16.5. The molecule has 0 aliphatic carbocycles. The zero-order valence-corrected chi connectivity index (χ0v) is 12.4. The fourth-order valence-corrected chi connectivity index (χ4v) is 2.18. The standard InChI is InChI=1S/C18H14N2O3/c1-23-15-8-6-13(7-9-15)17-19-11-10-16(20-17)12-2-4-14(5-3-12)18(21)22/h2-11H,1H3,(H,21,22). The average molecular weight is 306 g/mol. The van der Waals surface area contributed by atoms with Crippen molar-refractivity contribution >= 4 is 5.97 Å². The third kappa shape index (κ3) is 3.18. The summed E-state index contributed by atoms with van der Waals surface area (Å²) in [5.41, 5.74) is 2.71. The maximum absolute atomic E-state index is 10.9. The molecule has 0 atom stereocenters. The van der Waals surface area contributed by atoms with E-state index in [-0.39, 0.29) is 5.56 Å². The van der Waals surface area contributed by atoms with E-state index in [9.17, 15) is 4.79 Å². The van der Waals surface area contributed by atoms with Gasteiger partial charge in [0.25, 0.3) is 0 Å². The van der Waals surface area contributed by atoms with Gasteiger partial charge in [0.1, 0.15) is 5.75 Å². The number of aromatic nitrogens is 2. The summed E-state index contributed by atoms with van der Waals surface area (Å²) in [6.07, 6.45) is 1.69. The molecule has 5 nitrogen and oxygen atoms in total. The molecular formula is C18H14N2O3. The van der Waals surface area contributed by atoms with Gasteiger partial charge in [0.15, 0.2) is 5.82 Å². The molecule has 3 rings (SSSR count). The lowest BCUT2D eigenvalue weighted by Gasteiger charge is -2.05. The number of nitrogens with zero attached hydrogens (tertiary/aromatic N) is 2. The number of aromatic carboxylic acids is 1. The van der Waals surface area contributed by atoms with Crippen LogP contribution in [0.4, 0.5) is 0 Å². The van der Waals surface area contributed by atoms with Crippen molar-refractivity contribution in [2.45, 2.75) is 0 Å². The molecule has 23 heavy (non-hydrogen) atoms. The summed E-state index contributed by atoms with van der Waals surface area (Å²) in [5, 5.41) is 8.95. The van der Waals surface area contributed by atoms with Crippen LogP contribution in [-0.4, -0.2) is 28.2 Å². The Kier molecular flexibility index (Phi) is 4.01. The highest BCUT2D eigenvalue weighted by Gasteiger charge is 2.07. The van der Waals surface area contributed by atoms with Crippen LogP contribution in [0.25, 0.3) is 22.6 Å². The zero-order chi connectivity index (χ0) is 16.2. The Bertz CT molecular complexity index is 828. The summed E-state index contributed by atoms with van der Waals surface area (Å²) in [6, 6.07) is 15.9. The second-order valence-corrected chi connectivity index (χ2v) is 4.88. The maximum atomic E-state index is 10.9. The van der Waals surface area contributed by atoms with E-state index < -0.39 is 5.97 Å². The van der Waals surface area contributed by atoms with Gasteiger partial charge in [-0.3, -0.25) is 0 Å². The van der Waals surface area contributed by atoms with Crippen LogP contribution in [0, 0.1) is 0 Å². The summed E-state index contributed by atoms with van der Waals surface area (Å²) in [5.74, 6) is 0.430. The highest BCUT2D eigenvalue weighted by Crippen LogP contribution is 2.23. The van der Waals surface area contributed by atoms with E-state index in [2.05, 4.69) is 9.97 Å². The predicted octanol–water partition coefficient (Wildman–Crippen LogP) is 3.52. The van der Waals surface area contributed by atoms with Gasteiger partial charge >= 0.3 is 5.97 Å². The van der Waals surface area contributed by atoms with E-state index in [1.54, 1.807) is 43.6 Å². The Hall–Kier alpha value is -3.21. The molecule has 2 aromatic carbocycles. The maximum Gasteiger partial charge on any atom is 0.335 e. The summed E-state index contributed by atoms with van der Waals surface area (Å²) in [7, 11) is 1.62. The smallest absolute Gasteiger partial charge is 0.335 e. The normalized spacial score (nSPS) is 10.3. The average Bonchev–Trinajstić information content (AvgIpc) is 2.62. The van der Waals surface area contributed by atoms with Crippen LogP contribution in [0.2, 0.25) is 0 Å². The molecular weight excluding hydrogens is 292 g/mol. The molecule has 5 heteroatoms. The molecule has 1 aromatic heterocycles. The first-order valence-electron chi connectivity index (χ1n) is 6.98. The summed E-state index contributed by atoms with van der Waals surface area (Å²) in [6.45, 7) is 0. The number of ether oxygens (including phenoxy) is 1. The Morgan fingerprint density at radius 3 is 2.22 bits per heavy atom. The van der Waals surface area contributed by atoms with Crippen LogP contribution < -0.4 is 4.74 Å². The fourth-order valence-electron chi connectivity index (χ4n) is 2.18. The van der Waals surface area contributed by atoms with Crippen molar-refractivity contribution in [2.24, 2.45) is 0 Å². The van der Waals surface area contributed by atoms with Crippen molar-refractivity contribution < 1.29 is 14.6 Å². The van der Waals surface area contributed by atoms with Gasteiger partial charge in [0, 0.05) is 17.3 Å². The Labute approximate surface area is 133 Å². The third-order valence-corrected chi connectivity index (χ3v) is 3.43. The van der Waals surface area contributed by atoms with Crippen LogP contribution >= 0.6 is 0 Å². The molecule has 0 spiro atoms. The molecule has 0 aliphatic rings. The van der Waals surface area contributed by atoms with Gasteiger partial charge in [-0.05, 0) is 42.5 Å².